The van der Waals surface area contributed by atoms with Crippen LogP contribution in [-0.4, -0.2) is 71.6 Å². The first-order chi connectivity index (χ1) is 3.71. The van der Waals surface area contributed by atoms with Crippen LogP contribution in [0.3, 0.4) is 0 Å². The molecule has 0 aromatic rings. The van der Waals surface area contributed by atoms with Gasteiger partial charge in [0.15, 0.2) is 0 Å². The molecule has 3 N–H and O–H groups in total. The molecule has 0 aromatic heterocycles. The second-order valence-corrected chi connectivity index (χ2v) is 3.43. The van der Waals surface area contributed by atoms with Gasteiger partial charge in [0.2, 0.25) is 0 Å². The van der Waals surface area contributed by atoms with E-state index in [0.29, 0.717) is 0 Å². The Bertz CT molecular complexity index is 233. The van der Waals surface area contributed by atoms with Gasteiger partial charge < -0.3 is 12.6 Å². The Hall–Kier alpha value is 2.21. The van der Waals surface area contributed by atoms with Crippen molar-refractivity contribution in [1.29, 1.82) is 0 Å². The van der Waals surface area contributed by atoms with E-state index < -0.39 is 18.2 Å². The quantitative estimate of drug-likeness (QED) is 0.309. The summed E-state index contributed by atoms with van der Waals surface area (Å²) < 4.78 is 39.0. The average molecular weight is 383 g/mol. The monoisotopic (exact) mass is 382 g/mol. The third-order valence-electron chi connectivity index (χ3n) is 0.191. The van der Waals surface area contributed by atoms with Crippen LogP contribution in [0.15, 0.2) is 0 Å². The predicted molar refractivity (Wildman–Crippen MR) is 32.7 cm³/mol. The topological polar surface area (TPSA) is 121 Å². The second kappa shape index (κ2) is 6.64. The van der Waals surface area contributed by atoms with Crippen LogP contribution in [0.1, 0.15) is 2.85 Å². The summed E-state index contributed by atoms with van der Waals surface area (Å²) in [5, 5.41) is 0. The molecule has 0 rings (SSSR count). The van der Waals surface area contributed by atoms with Crippen molar-refractivity contribution in [2.75, 3.05) is 0 Å². The van der Waals surface area contributed by atoms with Crippen molar-refractivity contribution in [3.63, 3.8) is 0 Å². The first-order valence-electron chi connectivity index (χ1n) is 1.45. The second-order valence-electron chi connectivity index (χ2n) is 0.993. The van der Waals surface area contributed by atoms with Gasteiger partial charge in [0.1, 0.15) is 0 Å². The first-order valence-corrected chi connectivity index (χ1v) is 4.34. The van der Waals surface area contributed by atoms with Gasteiger partial charge >= 0.3 is 67.1 Å². The zero-order valence-electron chi connectivity index (χ0n) is 7.24. The zero-order valence-corrected chi connectivity index (χ0v) is 14.4. The van der Waals surface area contributed by atoms with Crippen molar-refractivity contribution in [2.24, 2.45) is 0 Å². The Kier molecular flexibility index (Phi) is 11.4. The van der Waals surface area contributed by atoms with Crippen LogP contribution < -0.4 is 0 Å². The summed E-state index contributed by atoms with van der Waals surface area (Å²) >= 11 is 0. The molecular weight excluding hydrogens is 378 g/mol. The summed E-state index contributed by atoms with van der Waals surface area (Å²) in [5.41, 5.74) is 0. The maximum absolute atomic E-state index is 9.58. The largest absolute Gasteiger partial charge is 2.00 e. The smallest absolute Gasteiger partial charge is 1.00 e. The fourth-order valence-corrected chi connectivity index (χ4v) is 1.10. The van der Waals surface area contributed by atoms with Gasteiger partial charge in [0.05, 0.1) is 0 Å². The van der Waals surface area contributed by atoms with Gasteiger partial charge in [-0.25, -0.2) is 4.57 Å². The Morgan fingerprint density at radius 1 is 1.36 bits per heavy atom. The maximum Gasteiger partial charge on any atom is 2.00 e. The van der Waals surface area contributed by atoms with E-state index in [4.69, 9.17) is 14.3 Å². The number of hydrogen-bond donors (Lipinski definition) is 3. The summed E-state index contributed by atoms with van der Waals surface area (Å²) in [7, 11) is -10.2. The summed E-state index contributed by atoms with van der Waals surface area (Å²) in [5.74, 6) is 0. The summed E-state index contributed by atoms with van der Waals surface area (Å²) in [6.07, 6.45) is 0. The molecule has 0 aliphatic carbocycles. The molecule has 0 aliphatic rings. The van der Waals surface area contributed by atoms with Crippen molar-refractivity contribution < 1.29 is 53.6 Å². The zero-order chi connectivity index (χ0) is 7.71. The van der Waals surface area contributed by atoms with Gasteiger partial charge in [-0.15, -0.1) is 3.97 Å². The number of phosphoric acid groups is 1. The minimum absolute atomic E-state index is 0. The van der Waals surface area contributed by atoms with Gasteiger partial charge in [-0.1, -0.05) is 0 Å². The van der Waals surface area contributed by atoms with E-state index in [-0.39, 0.29) is 71.2 Å². The van der Waals surface area contributed by atoms with Gasteiger partial charge in [-0.05, 0) is 0 Å². The minimum atomic E-state index is -5.13. The standard InChI is InChI=1S/Ba.H3O7PS.Zn.2H/c;1-8(2,3)7-9(4,5)6;;;/h;(H2,1,2,3)(H,4,5,6);;;/q+2;;;2*-1. The fraction of sp³-hybridized carbons (Fsp3) is 0. The summed E-state index contributed by atoms with van der Waals surface area (Å²) in [6.45, 7) is 0. The van der Waals surface area contributed by atoms with Crippen LogP contribution in [0, 0.1) is 0 Å². The van der Waals surface area contributed by atoms with Gasteiger partial charge in [-0.2, -0.15) is 8.42 Å². The van der Waals surface area contributed by atoms with Gasteiger partial charge in [0.25, 0.3) is 0 Å². The fourth-order valence-electron chi connectivity index (χ4n) is 0.123. The molecular formula is H5BaO7PSZn. The molecule has 0 unspecified atom stereocenters. The molecule has 0 fully saturated rings. The molecule has 0 heterocycles. The minimum Gasteiger partial charge on any atom is -1.00 e. The molecule has 0 atom stereocenters. The molecule has 62 valence electrons. The molecule has 0 saturated heterocycles. The van der Waals surface area contributed by atoms with Crippen molar-refractivity contribution in [2.45, 2.75) is 0 Å². The molecule has 0 saturated carbocycles. The molecule has 0 aromatic carbocycles. The third-order valence-corrected chi connectivity index (χ3v) is 1.72. The van der Waals surface area contributed by atoms with Crippen LogP contribution in [0.4, 0.5) is 0 Å². The first kappa shape index (κ1) is 18.9. The van der Waals surface area contributed by atoms with E-state index >= 15 is 0 Å². The van der Waals surface area contributed by atoms with Gasteiger partial charge in [0, 0.05) is 19.5 Å². The molecule has 11 heteroatoms. The molecule has 0 aliphatic heterocycles. The Morgan fingerprint density at radius 3 is 1.64 bits per heavy atom. The number of hydrogen-bond acceptors (Lipinski definition) is 4. The molecule has 11 heavy (non-hydrogen) atoms. The van der Waals surface area contributed by atoms with Crippen LogP contribution in [0.25, 0.3) is 0 Å². The molecule has 0 radical (unpaired) electrons. The van der Waals surface area contributed by atoms with E-state index in [1.807, 2.05) is 0 Å². The van der Waals surface area contributed by atoms with E-state index in [0.717, 1.165) is 0 Å². The van der Waals surface area contributed by atoms with Crippen LogP contribution >= 0.6 is 7.82 Å². The van der Waals surface area contributed by atoms with E-state index in [1.165, 1.54) is 0 Å². The summed E-state index contributed by atoms with van der Waals surface area (Å²) in [4.78, 5) is 15.4. The molecule has 7 nitrogen and oxygen atoms in total. The van der Waals surface area contributed by atoms with Crippen molar-refractivity contribution in [3.8, 4) is 0 Å². The van der Waals surface area contributed by atoms with Gasteiger partial charge in [-0.3, -0.25) is 4.55 Å². The third kappa shape index (κ3) is 18.9. The molecule has 0 spiro atoms. The van der Waals surface area contributed by atoms with E-state index in [1.54, 1.807) is 0 Å². The van der Waals surface area contributed by atoms with Crippen LogP contribution in [-0.2, 0) is 38.4 Å². The molecule has 0 amide bonds. The maximum atomic E-state index is 9.58. The molecule has 0 bridgehead atoms. The Labute approximate surface area is 119 Å². The van der Waals surface area contributed by atoms with Crippen molar-refractivity contribution in [3.05, 3.63) is 0 Å². The SMILES string of the molecule is O=P(O)(O)OS(=O)(=O)O.[Ba+2].[H-].[H-].[Zn]. The normalized spacial score (nSPS) is 11.2. The van der Waals surface area contributed by atoms with Crippen molar-refractivity contribution in [1.82, 2.24) is 0 Å². The number of rotatable bonds is 2. The predicted octanol–water partition coefficient (Wildman–Crippen LogP) is -1.26. The van der Waals surface area contributed by atoms with Crippen molar-refractivity contribution >= 4 is 67.1 Å². The van der Waals surface area contributed by atoms with Crippen LogP contribution in [0.5, 0.6) is 0 Å². The average Bonchev–Trinajstić information content (AvgIpc) is 1.14. The van der Waals surface area contributed by atoms with E-state index in [9.17, 15) is 13.0 Å². The Balaban J connectivity index is -0.0000000533. The van der Waals surface area contributed by atoms with Crippen LogP contribution in [0.2, 0.25) is 0 Å². The Morgan fingerprint density at radius 2 is 1.64 bits per heavy atom. The summed E-state index contributed by atoms with van der Waals surface area (Å²) in [6, 6.07) is 0. The van der Waals surface area contributed by atoms with E-state index in [2.05, 4.69) is 3.97 Å².